The third kappa shape index (κ3) is 23.8. The molecule has 1 aromatic carbocycles. The van der Waals surface area contributed by atoms with Crippen molar-refractivity contribution in [2.75, 3.05) is 13.2 Å². The highest BCUT2D eigenvalue weighted by molar-refractivity contribution is 7.47. The maximum Gasteiger partial charge on any atom is 0.472 e. The van der Waals surface area contributed by atoms with Gasteiger partial charge in [0.1, 0.15) is 0 Å². The molecule has 0 aliphatic carbocycles. The number of phosphoric ester groups is 2. The van der Waals surface area contributed by atoms with Crippen LogP contribution in [0.25, 0.3) is 0 Å². The van der Waals surface area contributed by atoms with E-state index in [-0.39, 0.29) is 26.4 Å². The smallest absolute Gasteiger partial charge is 0.302 e. The van der Waals surface area contributed by atoms with E-state index in [0.29, 0.717) is 11.1 Å². The number of benzene rings is 1. The molecule has 8 nitrogen and oxygen atoms in total. The van der Waals surface area contributed by atoms with Crippen molar-refractivity contribution in [3.8, 4) is 0 Å². The molecule has 0 fully saturated rings. The Morgan fingerprint density at radius 2 is 0.714 bits per heavy atom. The van der Waals surface area contributed by atoms with Gasteiger partial charge in [0.05, 0.1) is 26.4 Å². The van der Waals surface area contributed by atoms with Crippen LogP contribution >= 0.6 is 15.6 Å². The fourth-order valence-electron chi connectivity index (χ4n) is 4.66. The molecule has 10 heteroatoms. The van der Waals surface area contributed by atoms with Gasteiger partial charge in [0.25, 0.3) is 0 Å². The lowest BCUT2D eigenvalue weighted by Crippen LogP contribution is -1.99. The molecule has 42 heavy (non-hydrogen) atoms. The van der Waals surface area contributed by atoms with E-state index in [0.717, 1.165) is 38.5 Å². The summed E-state index contributed by atoms with van der Waals surface area (Å²) in [6, 6.07) is 6.86. The van der Waals surface area contributed by atoms with E-state index in [1.165, 1.54) is 89.9 Å². The molecule has 1 rings (SSSR count). The van der Waals surface area contributed by atoms with E-state index in [1.807, 2.05) is 0 Å². The van der Waals surface area contributed by atoms with Gasteiger partial charge in [-0.2, -0.15) is 0 Å². The summed E-state index contributed by atoms with van der Waals surface area (Å²) in [6.45, 7) is 4.69. The molecule has 1 aromatic rings. The highest BCUT2D eigenvalue weighted by Gasteiger charge is 2.22. The zero-order valence-electron chi connectivity index (χ0n) is 26.5. The molecule has 0 saturated heterocycles. The first-order valence-corrected chi connectivity index (χ1v) is 19.6. The number of unbranched alkanes of at least 4 members (excludes halogenated alkanes) is 18. The predicted octanol–water partition coefficient (Wildman–Crippen LogP) is 10.8. The summed E-state index contributed by atoms with van der Waals surface area (Å²) in [5.74, 6) is 0. The highest BCUT2D eigenvalue weighted by Crippen LogP contribution is 2.45. The second-order valence-electron chi connectivity index (χ2n) is 11.3. The minimum absolute atomic E-state index is 0.0760. The van der Waals surface area contributed by atoms with Gasteiger partial charge in [0.15, 0.2) is 0 Å². The predicted molar refractivity (Wildman–Crippen MR) is 171 cm³/mol. The maximum absolute atomic E-state index is 12.2. The molecule has 2 unspecified atom stereocenters. The molecule has 0 aliphatic rings. The molecule has 0 amide bonds. The van der Waals surface area contributed by atoms with Crippen molar-refractivity contribution in [1.82, 2.24) is 0 Å². The lowest BCUT2D eigenvalue weighted by atomic mass is 10.1. The molecular formula is C32H60O8P2. The molecule has 0 heterocycles. The monoisotopic (exact) mass is 634 g/mol. The summed E-state index contributed by atoms with van der Waals surface area (Å²) >= 11 is 0. The first-order chi connectivity index (χ1) is 20.3. The van der Waals surface area contributed by atoms with Crippen molar-refractivity contribution in [3.63, 3.8) is 0 Å². The van der Waals surface area contributed by atoms with Crippen LogP contribution < -0.4 is 0 Å². The Bertz CT molecular complexity index is 780. The molecule has 0 aliphatic heterocycles. The van der Waals surface area contributed by atoms with Gasteiger partial charge in [-0.1, -0.05) is 154 Å². The fraction of sp³-hybridized carbons (Fsp3) is 0.812. The zero-order chi connectivity index (χ0) is 30.8. The Balaban J connectivity index is 2.11. The molecule has 0 spiro atoms. The van der Waals surface area contributed by atoms with Gasteiger partial charge in [-0.05, 0) is 24.0 Å². The minimum atomic E-state index is -4.12. The van der Waals surface area contributed by atoms with E-state index in [1.54, 1.807) is 24.3 Å². The topological polar surface area (TPSA) is 112 Å². The van der Waals surface area contributed by atoms with Crippen molar-refractivity contribution in [3.05, 3.63) is 35.4 Å². The average Bonchev–Trinajstić information content (AvgIpc) is 2.97. The fourth-order valence-corrected chi connectivity index (χ4v) is 6.15. The molecule has 0 saturated carbocycles. The summed E-state index contributed by atoms with van der Waals surface area (Å²) in [5, 5.41) is 0. The van der Waals surface area contributed by atoms with E-state index < -0.39 is 15.6 Å². The van der Waals surface area contributed by atoms with Crippen LogP contribution in [0.2, 0.25) is 0 Å². The molecule has 0 bridgehead atoms. The SMILES string of the molecule is CCCCCCCCCCCCOP(=O)(O)OCc1ccc(COP(=O)(O)OCCCCCCCCCCCC)cc1. The van der Waals surface area contributed by atoms with Crippen LogP contribution in [-0.4, -0.2) is 23.0 Å². The number of rotatable bonds is 30. The number of phosphoric acid groups is 2. The summed E-state index contributed by atoms with van der Waals surface area (Å²) in [5.41, 5.74) is 1.36. The molecule has 0 radical (unpaired) electrons. The second-order valence-corrected chi connectivity index (χ2v) is 14.2. The zero-order valence-corrected chi connectivity index (χ0v) is 28.3. The minimum Gasteiger partial charge on any atom is -0.302 e. The van der Waals surface area contributed by atoms with Gasteiger partial charge < -0.3 is 9.79 Å². The van der Waals surface area contributed by atoms with Crippen molar-refractivity contribution < 1.29 is 37.0 Å². The van der Waals surface area contributed by atoms with Gasteiger partial charge in [0.2, 0.25) is 0 Å². The highest BCUT2D eigenvalue weighted by atomic mass is 31.2. The van der Waals surface area contributed by atoms with Crippen molar-refractivity contribution in [2.24, 2.45) is 0 Å². The van der Waals surface area contributed by atoms with E-state index >= 15 is 0 Å². The molecule has 0 aromatic heterocycles. The van der Waals surface area contributed by atoms with Crippen molar-refractivity contribution in [2.45, 2.75) is 155 Å². The quantitative estimate of drug-likeness (QED) is 0.0635. The van der Waals surface area contributed by atoms with Crippen molar-refractivity contribution in [1.29, 1.82) is 0 Å². The van der Waals surface area contributed by atoms with E-state index in [2.05, 4.69) is 13.8 Å². The first-order valence-electron chi connectivity index (χ1n) is 16.6. The van der Waals surface area contributed by atoms with Gasteiger partial charge in [0, 0.05) is 0 Å². The molecule has 2 N–H and O–H groups in total. The maximum atomic E-state index is 12.2. The second kappa shape index (κ2) is 25.7. The van der Waals surface area contributed by atoms with Crippen LogP contribution in [0, 0.1) is 0 Å². The third-order valence-electron chi connectivity index (χ3n) is 7.32. The summed E-state index contributed by atoms with van der Waals surface area (Å²) in [6.07, 6.45) is 23.6. The van der Waals surface area contributed by atoms with Crippen LogP contribution in [-0.2, 0) is 40.4 Å². The summed E-state index contributed by atoms with van der Waals surface area (Å²) < 4.78 is 44.8. The van der Waals surface area contributed by atoms with Crippen LogP contribution in [0.5, 0.6) is 0 Å². The van der Waals surface area contributed by atoms with Crippen LogP contribution in [0.15, 0.2) is 24.3 Å². The number of hydrogen-bond donors (Lipinski definition) is 2. The summed E-state index contributed by atoms with van der Waals surface area (Å²) in [4.78, 5) is 19.9. The van der Waals surface area contributed by atoms with E-state index in [4.69, 9.17) is 18.1 Å². The molecule has 2 atom stereocenters. The number of hydrogen-bond acceptors (Lipinski definition) is 6. The molecular weight excluding hydrogens is 574 g/mol. The van der Waals surface area contributed by atoms with Crippen LogP contribution in [0.3, 0.4) is 0 Å². The largest absolute Gasteiger partial charge is 0.472 e. The van der Waals surface area contributed by atoms with E-state index in [9.17, 15) is 18.9 Å². The van der Waals surface area contributed by atoms with Crippen LogP contribution in [0.4, 0.5) is 0 Å². The summed E-state index contributed by atoms with van der Waals surface area (Å²) in [7, 11) is -8.24. The van der Waals surface area contributed by atoms with Gasteiger partial charge in [-0.3, -0.25) is 18.1 Å². The van der Waals surface area contributed by atoms with Crippen LogP contribution in [0.1, 0.15) is 153 Å². The standard InChI is InChI=1S/C32H60O8P2/c1-3-5-7-9-11-13-15-17-19-21-27-37-41(33,34)39-29-31-23-25-32(26-24-31)30-40-42(35,36)38-28-22-20-18-16-14-12-10-8-6-4-2/h23-26H,3-22,27-30H2,1-2H3,(H,33,34)(H,35,36). The Morgan fingerprint density at radius 3 is 1.00 bits per heavy atom. The van der Waals surface area contributed by atoms with Gasteiger partial charge in [-0.25, -0.2) is 9.13 Å². The lowest BCUT2D eigenvalue weighted by molar-refractivity contribution is 0.139. The average molecular weight is 635 g/mol. The first kappa shape index (κ1) is 39.5. The van der Waals surface area contributed by atoms with Crippen molar-refractivity contribution >= 4 is 15.6 Å². The Morgan fingerprint density at radius 1 is 0.452 bits per heavy atom. The Hall–Kier alpha value is -0.560. The van der Waals surface area contributed by atoms with Gasteiger partial charge in [-0.15, -0.1) is 0 Å². The third-order valence-corrected chi connectivity index (χ3v) is 9.24. The molecule has 246 valence electrons. The Labute approximate surface area is 256 Å². The Kier molecular flexibility index (Phi) is 24.2. The normalized spacial score (nSPS) is 14.6. The van der Waals surface area contributed by atoms with Gasteiger partial charge >= 0.3 is 15.6 Å². The lowest BCUT2D eigenvalue weighted by Gasteiger charge is -2.13.